The summed E-state index contributed by atoms with van der Waals surface area (Å²) in [6.07, 6.45) is 5.52. The fourth-order valence-electron chi connectivity index (χ4n) is 3.78. The van der Waals surface area contributed by atoms with Gasteiger partial charge in [-0.05, 0) is 38.8 Å². The van der Waals surface area contributed by atoms with Crippen LogP contribution in [0, 0.1) is 26.2 Å². The monoisotopic (exact) mass is 440 g/mol. The molecule has 1 aliphatic carbocycles. The lowest BCUT2D eigenvalue weighted by atomic mass is 9.79. The van der Waals surface area contributed by atoms with Gasteiger partial charge in [-0.3, -0.25) is 4.79 Å². The summed E-state index contributed by atoms with van der Waals surface area (Å²) in [5, 5.41) is 14.6. The number of nitrogens with one attached hydrogen (secondary N) is 2. The zero-order chi connectivity index (χ0) is 21.3. The van der Waals surface area contributed by atoms with E-state index in [4.69, 9.17) is 5.41 Å². The normalized spacial score (nSPS) is 19.6. The number of piperidine rings is 1. The third kappa shape index (κ3) is 4.41. The van der Waals surface area contributed by atoms with Crippen LogP contribution in [-0.4, -0.2) is 44.1 Å². The Morgan fingerprint density at radius 1 is 1.20 bits per heavy atom. The zero-order valence-corrected chi connectivity index (χ0v) is 18.8. The minimum absolute atomic E-state index is 0.378. The summed E-state index contributed by atoms with van der Waals surface area (Å²) < 4.78 is 0. The highest BCUT2D eigenvalue weighted by atomic mass is 32.1. The standard InChI is InChI=1S/C14H14N4S2.C7H10N2O/c1-8-4-5-12(15-6-8)18-14-17-11(7-19-14)13-9(2)16-10(3)20-13;8-5-1-6-3-7(2-5)9(6)4-10/h4-7H,1-3H3,(H,15,17,18);4,6-8H,1-3H2/t;6-,7?/m.0/s1. The van der Waals surface area contributed by atoms with Gasteiger partial charge < -0.3 is 15.6 Å². The maximum atomic E-state index is 10.4. The SMILES string of the molecule is Cc1ccc(Nc2nc(-c3sc(C)nc3C)cs2)nc1.N=C1CC2C[C@H](C1)N2C=O. The summed E-state index contributed by atoms with van der Waals surface area (Å²) in [7, 11) is 0. The molecule has 6 rings (SSSR count). The number of carbonyl (C=O) groups is 1. The molecule has 2 saturated heterocycles. The Bertz CT molecular complexity index is 1040. The number of carbonyl (C=O) groups excluding carboxylic acids is 1. The zero-order valence-electron chi connectivity index (χ0n) is 17.2. The van der Waals surface area contributed by atoms with Gasteiger partial charge in [0.1, 0.15) is 5.82 Å². The first-order valence-electron chi connectivity index (χ1n) is 9.81. The van der Waals surface area contributed by atoms with E-state index in [1.54, 1.807) is 22.7 Å². The van der Waals surface area contributed by atoms with Crippen LogP contribution in [0.25, 0.3) is 10.6 Å². The number of hydrogen-bond acceptors (Lipinski definition) is 8. The number of pyridine rings is 1. The number of aromatic nitrogens is 3. The molecule has 3 aromatic rings. The molecule has 0 radical (unpaired) electrons. The van der Waals surface area contributed by atoms with Gasteiger partial charge in [-0.2, -0.15) is 0 Å². The van der Waals surface area contributed by atoms with Gasteiger partial charge in [-0.15, -0.1) is 22.7 Å². The summed E-state index contributed by atoms with van der Waals surface area (Å²) in [6.45, 7) is 6.06. The van der Waals surface area contributed by atoms with E-state index in [0.29, 0.717) is 12.1 Å². The summed E-state index contributed by atoms with van der Waals surface area (Å²) in [5.74, 6) is 0.814. The van der Waals surface area contributed by atoms with Crippen LogP contribution < -0.4 is 5.32 Å². The number of aryl methyl sites for hydroxylation is 3. The van der Waals surface area contributed by atoms with Crippen LogP contribution in [0.2, 0.25) is 0 Å². The fourth-order valence-corrected chi connectivity index (χ4v) is 5.44. The molecule has 2 N–H and O–H groups in total. The molecule has 7 nitrogen and oxygen atoms in total. The van der Waals surface area contributed by atoms with Gasteiger partial charge in [-0.1, -0.05) is 6.07 Å². The van der Waals surface area contributed by atoms with Gasteiger partial charge in [0.15, 0.2) is 5.13 Å². The Morgan fingerprint density at radius 2 is 1.97 bits per heavy atom. The second-order valence-electron chi connectivity index (χ2n) is 7.64. The highest BCUT2D eigenvalue weighted by molar-refractivity contribution is 7.16. The molecule has 2 bridgehead atoms. The molecule has 5 heterocycles. The van der Waals surface area contributed by atoms with Gasteiger partial charge in [0.05, 0.1) is 21.3 Å². The van der Waals surface area contributed by atoms with Crippen molar-refractivity contribution in [3.05, 3.63) is 40.0 Å². The van der Waals surface area contributed by atoms with Gasteiger partial charge in [0.2, 0.25) is 6.41 Å². The van der Waals surface area contributed by atoms with Gasteiger partial charge >= 0.3 is 0 Å². The van der Waals surface area contributed by atoms with E-state index in [1.165, 1.54) is 0 Å². The molecule has 1 amide bonds. The third-order valence-corrected chi connectivity index (χ3v) is 7.11. The predicted octanol–water partition coefficient (Wildman–Crippen LogP) is 4.73. The van der Waals surface area contributed by atoms with Crippen molar-refractivity contribution >= 4 is 45.7 Å². The number of rotatable bonds is 4. The molecule has 3 aliphatic rings. The van der Waals surface area contributed by atoms with Crippen molar-refractivity contribution in [2.45, 2.75) is 52.1 Å². The van der Waals surface area contributed by atoms with Crippen LogP contribution in [0.15, 0.2) is 23.7 Å². The van der Waals surface area contributed by atoms with E-state index >= 15 is 0 Å². The van der Waals surface area contributed by atoms with Crippen LogP contribution in [0.4, 0.5) is 10.9 Å². The van der Waals surface area contributed by atoms with Crippen molar-refractivity contribution < 1.29 is 4.79 Å². The minimum Gasteiger partial charge on any atom is -0.338 e. The number of amides is 1. The molecule has 0 aromatic carbocycles. The van der Waals surface area contributed by atoms with Crippen molar-refractivity contribution in [1.29, 1.82) is 5.41 Å². The van der Waals surface area contributed by atoms with Gasteiger partial charge in [0.25, 0.3) is 0 Å². The summed E-state index contributed by atoms with van der Waals surface area (Å²) in [6, 6.07) is 4.74. The summed E-state index contributed by atoms with van der Waals surface area (Å²) >= 11 is 3.26. The highest BCUT2D eigenvalue weighted by Gasteiger charge is 2.42. The number of anilines is 2. The third-order valence-electron chi connectivity index (χ3n) is 5.26. The molecule has 2 aliphatic heterocycles. The Balaban J connectivity index is 0.000000181. The topological polar surface area (TPSA) is 94.9 Å². The number of fused-ring (bicyclic) bond motifs is 2. The Hall–Kier alpha value is -2.65. The van der Waals surface area contributed by atoms with Crippen LogP contribution in [0.3, 0.4) is 0 Å². The predicted molar refractivity (Wildman–Crippen MR) is 122 cm³/mol. The molecule has 156 valence electrons. The van der Waals surface area contributed by atoms with Crippen molar-refractivity contribution in [1.82, 2.24) is 19.9 Å². The largest absolute Gasteiger partial charge is 0.338 e. The summed E-state index contributed by atoms with van der Waals surface area (Å²) in [5.41, 5.74) is 3.98. The van der Waals surface area contributed by atoms with Gasteiger partial charge in [-0.25, -0.2) is 15.0 Å². The van der Waals surface area contributed by atoms with Crippen molar-refractivity contribution in [2.75, 3.05) is 5.32 Å². The van der Waals surface area contributed by atoms with Crippen LogP contribution in [0.5, 0.6) is 0 Å². The molecule has 0 spiro atoms. The lowest BCUT2D eigenvalue weighted by molar-refractivity contribution is -0.130. The maximum Gasteiger partial charge on any atom is 0.210 e. The average Bonchev–Trinajstić information content (AvgIpc) is 3.29. The lowest BCUT2D eigenvalue weighted by Crippen LogP contribution is -2.60. The molecular weight excluding hydrogens is 416 g/mol. The van der Waals surface area contributed by atoms with E-state index in [-0.39, 0.29) is 0 Å². The van der Waals surface area contributed by atoms with Crippen LogP contribution >= 0.6 is 22.7 Å². The second kappa shape index (κ2) is 8.61. The highest BCUT2D eigenvalue weighted by Crippen LogP contribution is 2.35. The molecular formula is C21H24N6OS2. The van der Waals surface area contributed by atoms with E-state index in [1.807, 2.05) is 44.0 Å². The molecule has 1 unspecified atom stereocenters. The molecule has 3 fully saturated rings. The van der Waals surface area contributed by atoms with E-state index in [9.17, 15) is 4.79 Å². The molecule has 3 aromatic heterocycles. The maximum absolute atomic E-state index is 10.4. The lowest BCUT2D eigenvalue weighted by Gasteiger charge is -2.50. The Labute approximate surface area is 183 Å². The Morgan fingerprint density at radius 3 is 2.57 bits per heavy atom. The van der Waals surface area contributed by atoms with Crippen molar-refractivity contribution in [3.8, 4) is 10.6 Å². The second-order valence-corrected chi connectivity index (χ2v) is 9.70. The molecule has 1 saturated carbocycles. The fraction of sp³-hybridized carbons (Fsp3) is 0.381. The first-order chi connectivity index (χ1) is 14.4. The van der Waals surface area contributed by atoms with E-state index in [0.717, 1.165) is 69.2 Å². The molecule has 2 atom stereocenters. The van der Waals surface area contributed by atoms with Gasteiger partial charge in [0, 0.05) is 42.2 Å². The quantitative estimate of drug-likeness (QED) is 0.572. The van der Waals surface area contributed by atoms with Crippen LogP contribution in [0.1, 0.15) is 35.5 Å². The van der Waals surface area contributed by atoms with E-state index in [2.05, 4.69) is 25.6 Å². The van der Waals surface area contributed by atoms with Crippen molar-refractivity contribution in [3.63, 3.8) is 0 Å². The number of nitrogens with zero attached hydrogens (tertiary/aromatic N) is 4. The Kier molecular flexibility index (Phi) is 5.92. The number of thiazole rings is 2. The number of hydrogen-bond donors (Lipinski definition) is 2. The van der Waals surface area contributed by atoms with Crippen molar-refractivity contribution in [2.24, 2.45) is 0 Å². The minimum atomic E-state index is 0.378. The van der Waals surface area contributed by atoms with Crippen LogP contribution in [-0.2, 0) is 4.79 Å². The molecule has 30 heavy (non-hydrogen) atoms. The van der Waals surface area contributed by atoms with E-state index < -0.39 is 0 Å². The first-order valence-corrected chi connectivity index (χ1v) is 11.5. The molecule has 9 heteroatoms. The first kappa shape index (κ1) is 20.6. The smallest absolute Gasteiger partial charge is 0.210 e. The average molecular weight is 441 g/mol. The summed E-state index contributed by atoms with van der Waals surface area (Å²) in [4.78, 5) is 26.7.